The van der Waals surface area contributed by atoms with Crippen LogP contribution in [0.4, 0.5) is 0 Å². The number of esters is 1. The van der Waals surface area contributed by atoms with Crippen molar-refractivity contribution in [2.24, 2.45) is 17.8 Å². The van der Waals surface area contributed by atoms with E-state index < -0.39 is 29.4 Å². The van der Waals surface area contributed by atoms with Gasteiger partial charge in [-0.25, -0.2) is 14.8 Å². The first-order valence-corrected chi connectivity index (χ1v) is 16.6. The van der Waals surface area contributed by atoms with Gasteiger partial charge in [0.05, 0.1) is 31.1 Å². The van der Waals surface area contributed by atoms with Crippen molar-refractivity contribution < 1.29 is 28.6 Å². The first kappa shape index (κ1) is 31.0. The Morgan fingerprint density at radius 2 is 2.00 bits per heavy atom. The zero-order valence-electron chi connectivity index (χ0n) is 26.2. The van der Waals surface area contributed by atoms with E-state index in [4.69, 9.17) is 19.2 Å². The molecule has 2 saturated carbocycles. The Kier molecular flexibility index (Phi) is 8.81. The third-order valence-electron chi connectivity index (χ3n) is 9.34. The second kappa shape index (κ2) is 12.8. The Bertz CT molecular complexity index is 1620. The number of hydrogen-bond donors (Lipinski definition) is 1. The number of carbonyl (C=O) groups excluding carboxylic acids is 3. The molecule has 1 aliphatic heterocycles. The van der Waals surface area contributed by atoms with Crippen LogP contribution in [0.3, 0.4) is 0 Å². The van der Waals surface area contributed by atoms with E-state index >= 15 is 0 Å². The van der Waals surface area contributed by atoms with Crippen LogP contribution >= 0.6 is 11.3 Å². The summed E-state index contributed by atoms with van der Waals surface area (Å²) in [6, 6.07) is 5.70. The van der Waals surface area contributed by atoms with Crippen molar-refractivity contribution in [3.05, 3.63) is 47.5 Å². The second-order valence-corrected chi connectivity index (χ2v) is 13.1. The van der Waals surface area contributed by atoms with Crippen molar-refractivity contribution in [2.75, 3.05) is 27.3 Å². The first-order chi connectivity index (χ1) is 21.8. The largest absolute Gasteiger partial charge is 0.496 e. The topological polar surface area (TPSA) is 120 Å². The second-order valence-electron chi connectivity index (χ2n) is 12.2. The number of methoxy groups -OCH3 is 1. The van der Waals surface area contributed by atoms with Gasteiger partial charge in [0.2, 0.25) is 11.8 Å². The number of ether oxygens (including phenoxy) is 3. The molecule has 3 aliphatic rings. The molecule has 3 heterocycles. The lowest BCUT2D eigenvalue weighted by atomic mass is 9.93. The summed E-state index contributed by atoms with van der Waals surface area (Å²) in [5, 5.41) is 6.53. The fourth-order valence-electron chi connectivity index (χ4n) is 6.77. The summed E-state index contributed by atoms with van der Waals surface area (Å²) in [6.45, 7) is 4.57. The molecule has 0 unspecified atom stereocenters. The molecule has 45 heavy (non-hydrogen) atoms. The molecular formula is C34H40N4O6S. The van der Waals surface area contributed by atoms with Gasteiger partial charge >= 0.3 is 5.97 Å². The first-order valence-electron chi connectivity index (χ1n) is 15.7. The third-order valence-corrected chi connectivity index (χ3v) is 10.1. The molecule has 5 atom stereocenters. The lowest BCUT2D eigenvalue weighted by molar-refractivity contribution is -0.150. The molecule has 6 rings (SSSR count). The molecule has 238 valence electrons. The highest BCUT2D eigenvalue weighted by Gasteiger charge is 2.62. The quantitative estimate of drug-likeness (QED) is 0.295. The van der Waals surface area contributed by atoms with Crippen LogP contribution < -0.4 is 14.8 Å². The van der Waals surface area contributed by atoms with Crippen molar-refractivity contribution in [2.45, 2.75) is 64.0 Å². The highest BCUT2D eigenvalue weighted by Crippen LogP contribution is 2.47. The monoisotopic (exact) mass is 632 g/mol. The molecule has 11 heteroatoms. The van der Waals surface area contributed by atoms with Crippen molar-refractivity contribution in [1.82, 2.24) is 20.2 Å². The molecule has 2 fully saturated rings. The van der Waals surface area contributed by atoms with E-state index in [1.165, 1.54) is 11.3 Å². The van der Waals surface area contributed by atoms with Crippen LogP contribution in [0.1, 0.15) is 51.0 Å². The summed E-state index contributed by atoms with van der Waals surface area (Å²) in [5.74, 6) is -0.830. The standard InChI is InChI=1S/C34H40N4O6S/c1-5-43-33(41)34-19-21(34)10-8-6-7-9-14-38(3)32(40)25-17-22(16-24(25)30(39)37-34)44-28-18-26(31-35-13-15-45-31)36-29-20(2)27(42-4)12-11-23(28)29/h8,10-13,15,18,21-22,24-25H,5-7,9,14,16-17,19H2,1-4H3,(H,37,39)/b10-8-/t21-,22-,24-,25-,34-/m1/s1. The smallest absolute Gasteiger partial charge is 0.332 e. The molecule has 0 bridgehead atoms. The average Bonchev–Trinajstić information content (AvgIpc) is 3.35. The molecule has 2 aliphatic carbocycles. The minimum atomic E-state index is -1.09. The van der Waals surface area contributed by atoms with Gasteiger partial charge in [0, 0.05) is 48.1 Å². The molecule has 1 N–H and O–H groups in total. The highest BCUT2D eigenvalue weighted by atomic mass is 32.1. The van der Waals surface area contributed by atoms with Crippen LogP contribution in [-0.4, -0.2) is 71.6 Å². The van der Waals surface area contributed by atoms with Gasteiger partial charge in [-0.05, 0) is 64.5 Å². The Labute approximate surface area is 267 Å². The number of nitrogens with one attached hydrogen (secondary N) is 1. The number of fused-ring (bicyclic) bond motifs is 3. The normalized spacial score (nSPS) is 27.6. The van der Waals surface area contributed by atoms with Gasteiger partial charge in [0.25, 0.3) is 0 Å². The molecule has 10 nitrogen and oxygen atoms in total. The maximum atomic E-state index is 14.0. The van der Waals surface area contributed by atoms with Gasteiger partial charge in [0.15, 0.2) is 0 Å². The van der Waals surface area contributed by atoms with Gasteiger partial charge in [-0.2, -0.15) is 0 Å². The fourth-order valence-corrected chi connectivity index (χ4v) is 7.37. The number of amides is 2. The minimum Gasteiger partial charge on any atom is -0.496 e. The van der Waals surface area contributed by atoms with Crippen LogP contribution in [0.2, 0.25) is 0 Å². The summed E-state index contributed by atoms with van der Waals surface area (Å²) in [5.41, 5.74) is 1.21. The summed E-state index contributed by atoms with van der Waals surface area (Å²) in [7, 11) is 3.43. The third kappa shape index (κ3) is 6.02. The number of aromatic nitrogens is 2. The predicted molar refractivity (Wildman–Crippen MR) is 171 cm³/mol. The Morgan fingerprint density at radius 1 is 1.18 bits per heavy atom. The van der Waals surface area contributed by atoms with Crippen LogP contribution in [-0.2, 0) is 19.1 Å². The summed E-state index contributed by atoms with van der Waals surface area (Å²) in [4.78, 5) is 52.1. The van der Waals surface area contributed by atoms with Crippen LogP contribution in [0.15, 0.2) is 41.9 Å². The van der Waals surface area contributed by atoms with Crippen LogP contribution in [0.5, 0.6) is 11.5 Å². The number of carbonyl (C=O) groups is 3. The number of allylic oxidation sites excluding steroid dienone is 1. The number of aryl methyl sites for hydroxylation is 1. The highest BCUT2D eigenvalue weighted by molar-refractivity contribution is 7.13. The maximum Gasteiger partial charge on any atom is 0.332 e. The summed E-state index contributed by atoms with van der Waals surface area (Å²) < 4.78 is 17.7. The number of thiazole rings is 1. The Morgan fingerprint density at radius 3 is 2.76 bits per heavy atom. The van der Waals surface area contributed by atoms with E-state index in [1.54, 1.807) is 32.2 Å². The maximum absolute atomic E-state index is 14.0. The predicted octanol–water partition coefficient (Wildman–Crippen LogP) is 5.09. The number of benzene rings is 1. The lowest BCUT2D eigenvalue weighted by Gasteiger charge is -2.26. The SMILES string of the molecule is CCOC(=O)[C@@]12C[C@H]1/C=C\CCCCN(C)C(=O)[C@@H]1C[C@H](Oc3cc(-c4nccs4)nc4c(C)c(OC)ccc34)C[C@H]1C(=O)N2. The summed E-state index contributed by atoms with van der Waals surface area (Å²) in [6.07, 6.45) is 9.27. The Hall–Kier alpha value is -3.99. The zero-order chi connectivity index (χ0) is 31.7. The zero-order valence-corrected chi connectivity index (χ0v) is 27.0. The van der Waals surface area contributed by atoms with E-state index in [0.29, 0.717) is 37.3 Å². The van der Waals surface area contributed by atoms with E-state index in [2.05, 4.69) is 16.4 Å². The fraction of sp³-hybridized carbons (Fsp3) is 0.500. The number of rotatable bonds is 6. The molecule has 1 aromatic carbocycles. The van der Waals surface area contributed by atoms with E-state index in [1.807, 2.05) is 36.6 Å². The van der Waals surface area contributed by atoms with E-state index in [9.17, 15) is 14.4 Å². The molecule has 3 aromatic rings. The van der Waals surface area contributed by atoms with Crippen molar-refractivity contribution in [1.29, 1.82) is 0 Å². The molecule has 0 radical (unpaired) electrons. The van der Waals surface area contributed by atoms with Crippen molar-refractivity contribution >= 4 is 40.0 Å². The number of nitrogens with zero attached hydrogens (tertiary/aromatic N) is 3. The van der Waals surface area contributed by atoms with Gasteiger partial charge in [0.1, 0.15) is 33.8 Å². The van der Waals surface area contributed by atoms with Gasteiger partial charge in [-0.15, -0.1) is 11.3 Å². The number of pyridine rings is 1. The van der Waals surface area contributed by atoms with Crippen LogP contribution in [0, 0.1) is 24.7 Å². The molecule has 2 aromatic heterocycles. The average molecular weight is 633 g/mol. The van der Waals surface area contributed by atoms with E-state index in [-0.39, 0.29) is 24.3 Å². The molecule has 0 spiro atoms. The van der Waals surface area contributed by atoms with Crippen molar-refractivity contribution in [3.63, 3.8) is 0 Å². The molecular weight excluding hydrogens is 592 g/mol. The summed E-state index contributed by atoms with van der Waals surface area (Å²) >= 11 is 1.49. The van der Waals surface area contributed by atoms with Crippen molar-refractivity contribution in [3.8, 4) is 22.2 Å². The van der Waals surface area contributed by atoms with Gasteiger partial charge in [-0.3, -0.25) is 9.59 Å². The molecule has 0 saturated heterocycles. The number of hydrogen-bond acceptors (Lipinski definition) is 9. The molecule has 2 amide bonds. The Balaban J connectivity index is 1.33. The van der Waals surface area contributed by atoms with E-state index in [0.717, 1.165) is 46.5 Å². The van der Waals surface area contributed by atoms with Gasteiger partial charge < -0.3 is 24.4 Å². The minimum absolute atomic E-state index is 0.0741. The van der Waals surface area contributed by atoms with Gasteiger partial charge in [-0.1, -0.05) is 12.2 Å². The van der Waals surface area contributed by atoms with Crippen LogP contribution in [0.25, 0.3) is 21.6 Å². The lowest BCUT2D eigenvalue weighted by Crippen LogP contribution is -2.50.